The molecule has 8 nitrogen and oxygen atoms in total. The van der Waals surface area contributed by atoms with Gasteiger partial charge in [-0.25, -0.2) is 9.78 Å². The molecule has 0 saturated heterocycles. The molecule has 0 radical (unpaired) electrons. The van der Waals surface area contributed by atoms with Gasteiger partial charge in [0.15, 0.2) is 0 Å². The number of carbonyl (C=O) groups excluding carboxylic acids is 3. The third kappa shape index (κ3) is 7.14. The van der Waals surface area contributed by atoms with Crippen LogP contribution in [0.15, 0.2) is 53.3 Å². The lowest BCUT2D eigenvalue weighted by atomic mass is 10.0. The Hall–Kier alpha value is -2.94. The molecular formula is C21H25BrN4O4. The lowest BCUT2D eigenvalue weighted by molar-refractivity contribution is -0.129. The van der Waals surface area contributed by atoms with E-state index < -0.39 is 30.0 Å². The van der Waals surface area contributed by atoms with Crippen LogP contribution in [0.1, 0.15) is 25.0 Å². The van der Waals surface area contributed by atoms with Gasteiger partial charge in [-0.1, -0.05) is 50.2 Å². The summed E-state index contributed by atoms with van der Waals surface area (Å²) in [5.74, 6) is -1.45. The van der Waals surface area contributed by atoms with E-state index in [4.69, 9.17) is 10.5 Å². The predicted molar refractivity (Wildman–Crippen MR) is 115 cm³/mol. The maximum atomic E-state index is 12.8. The molecule has 30 heavy (non-hydrogen) atoms. The number of hydrogen-bond donors (Lipinski definition) is 3. The second kappa shape index (κ2) is 11.3. The fourth-order valence-electron chi connectivity index (χ4n) is 2.70. The van der Waals surface area contributed by atoms with Crippen LogP contribution in [0.25, 0.3) is 0 Å². The lowest BCUT2D eigenvalue weighted by Crippen LogP contribution is -2.55. The molecule has 0 bridgehead atoms. The molecule has 2 aromatic rings. The second-order valence-electron chi connectivity index (χ2n) is 7.05. The highest BCUT2D eigenvalue weighted by Gasteiger charge is 2.29. The summed E-state index contributed by atoms with van der Waals surface area (Å²) in [6.45, 7) is 3.63. The molecule has 0 saturated carbocycles. The van der Waals surface area contributed by atoms with E-state index in [1.807, 2.05) is 30.3 Å². The third-order valence-corrected chi connectivity index (χ3v) is 5.07. The zero-order valence-electron chi connectivity index (χ0n) is 16.8. The molecule has 0 spiro atoms. The van der Waals surface area contributed by atoms with Crippen molar-refractivity contribution >= 4 is 33.8 Å². The van der Waals surface area contributed by atoms with Gasteiger partial charge in [0.25, 0.3) is 0 Å². The Bertz CT molecular complexity index is 876. The van der Waals surface area contributed by atoms with Gasteiger partial charge >= 0.3 is 6.09 Å². The lowest BCUT2D eigenvalue weighted by Gasteiger charge is -2.24. The summed E-state index contributed by atoms with van der Waals surface area (Å²) in [5, 5.41) is 5.18. The number of nitrogens with two attached hydrogens (primary N) is 1. The Kier molecular flexibility index (Phi) is 8.79. The first-order valence-corrected chi connectivity index (χ1v) is 10.2. The largest absolute Gasteiger partial charge is 0.445 e. The van der Waals surface area contributed by atoms with E-state index in [9.17, 15) is 14.4 Å². The van der Waals surface area contributed by atoms with Crippen LogP contribution in [-0.4, -0.2) is 35.0 Å². The van der Waals surface area contributed by atoms with Crippen molar-refractivity contribution in [3.63, 3.8) is 0 Å². The highest BCUT2D eigenvalue weighted by molar-refractivity contribution is 9.10. The number of rotatable bonds is 9. The molecule has 0 fully saturated rings. The normalized spacial score (nSPS) is 12.7. The number of pyridine rings is 1. The number of halogens is 1. The number of benzene rings is 1. The van der Waals surface area contributed by atoms with Crippen LogP contribution in [0.4, 0.5) is 4.79 Å². The highest BCUT2D eigenvalue weighted by atomic mass is 79.9. The van der Waals surface area contributed by atoms with E-state index in [2.05, 4.69) is 31.5 Å². The van der Waals surface area contributed by atoms with Crippen molar-refractivity contribution < 1.29 is 19.1 Å². The minimum Gasteiger partial charge on any atom is -0.445 e. The molecule has 160 valence electrons. The average Bonchev–Trinajstić information content (AvgIpc) is 2.71. The van der Waals surface area contributed by atoms with Gasteiger partial charge in [0.05, 0.1) is 0 Å². The van der Waals surface area contributed by atoms with Crippen LogP contribution in [0.5, 0.6) is 0 Å². The number of aromatic nitrogens is 1. The van der Waals surface area contributed by atoms with Gasteiger partial charge in [0.2, 0.25) is 11.8 Å². The molecule has 1 aromatic carbocycles. The maximum absolute atomic E-state index is 12.8. The quantitative estimate of drug-likeness (QED) is 0.479. The molecule has 0 aliphatic rings. The van der Waals surface area contributed by atoms with Crippen molar-refractivity contribution in [2.24, 2.45) is 11.7 Å². The second-order valence-corrected chi connectivity index (χ2v) is 7.80. The van der Waals surface area contributed by atoms with Crippen molar-refractivity contribution in [1.29, 1.82) is 0 Å². The third-order valence-electron chi connectivity index (χ3n) is 4.36. The first-order valence-electron chi connectivity index (χ1n) is 9.44. The first kappa shape index (κ1) is 23.3. The number of nitrogens with one attached hydrogen (secondary N) is 2. The monoisotopic (exact) mass is 476 g/mol. The smallest absolute Gasteiger partial charge is 0.408 e. The minimum atomic E-state index is -0.957. The zero-order valence-corrected chi connectivity index (χ0v) is 18.4. The van der Waals surface area contributed by atoms with Crippen LogP contribution in [0, 0.1) is 5.92 Å². The van der Waals surface area contributed by atoms with Crippen LogP contribution in [-0.2, 0) is 27.4 Å². The molecule has 0 aliphatic heterocycles. The summed E-state index contributed by atoms with van der Waals surface area (Å²) in [7, 11) is 0. The molecule has 3 amide bonds. The molecule has 2 atom stereocenters. The number of alkyl carbamates (subject to hydrolysis) is 1. The van der Waals surface area contributed by atoms with Crippen LogP contribution in [0.2, 0.25) is 0 Å². The molecule has 2 rings (SSSR count). The number of primary amides is 1. The van der Waals surface area contributed by atoms with E-state index in [1.54, 1.807) is 32.2 Å². The predicted octanol–water partition coefficient (Wildman–Crippen LogP) is 2.31. The average molecular weight is 477 g/mol. The van der Waals surface area contributed by atoms with Gasteiger partial charge in [0.1, 0.15) is 23.3 Å². The maximum Gasteiger partial charge on any atom is 0.408 e. The fraction of sp³-hybridized carbons (Fsp3) is 0.333. The SMILES string of the molecule is CC(C)[C@H](NC(=O)OCc1ccccc1)C(=O)N[C@@H](Cc1cccnc1Br)C(N)=O. The molecule has 9 heteroatoms. The summed E-state index contributed by atoms with van der Waals surface area (Å²) < 4.78 is 5.75. The Morgan fingerprint density at radius 3 is 2.40 bits per heavy atom. The van der Waals surface area contributed by atoms with Crippen molar-refractivity contribution in [1.82, 2.24) is 15.6 Å². The molecule has 0 aliphatic carbocycles. The van der Waals surface area contributed by atoms with Crippen LogP contribution < -0.4 is 16.4 Å². The van der Waals surface area contributed by atoms with E-state index in [0.29, 0.717) is 4.60 Å². The van der Waals surface area contributed by atoms with Gasteiger partial charge in [0, 0.05) is 12.6 Å². The van der Waals surface area contributed by atoms with Crippen LogP contribution >= 0.6 is 15.9 Å². The Morgan fingerprint density at radius 1 is 1.10 bits per heavy atom. The first-order chi connectivity index (χ1) is 14.3. The van der Waals surface area contributed by atoms with Crippen molar-refractivity contribution in [2.45, 2.75) is 39.0 Å². The topological polar surface area (TPSA) is 123 Å². The van der Waals surface area contributed by atoms with Crippen molar-refractivity contribution in [3.8, 4) is 0 Å². The Balaban J connectivity index is 1.99. The molecule has 1 heterocycles. The van der Waals surface area contributed by atoms with Gasteiger partial charge in [-0.05, 0) is 39.0 Å². The zero-order chi connectivity index (χ0) is 22.1. The fourth-order valence-corrected chi connectivity index (χ4v) is 3.11. The summed E-state index contributed by atoms with van der Waals surface area (Å²) in [5.41, 5.74) is 7.02. The number of ether oxygens (including phenoxy) is 1. The number of amides is 3. The Morgan fingerprint density at radius 2 is 1.80 bits per heavy atom. The van der Waals surface area contributed by atoms with E-state index >= 15 is 0 Å². The highest BCUT2D eigenvalue weighted by Crippen LogP contribution is 2.15. The van der Waals surface area contributed by atoms with E-state index in [1.165, 1.54) is 0 Å². The minimum absolute atomic E-state index is 0.0814. The molecule has 1 aromatic heterocycles. The van der Waals surface area contributed by atoms with Gasteiger partial charge in [-0.2, -0.15) is 0 Å². The van der Waals surface area contributed by atoms with Crippen molar-refractivity contribution in [2.75, 3.05) is 0 Å². The van der Waals surface area contributed by atoms with E-state index in [0.717, 1.165) is 11.1 Å². The Labute approximate surface area is 183 Å². The standard InChI is InChI=1S/C21H25BrN4O4/c1-13(2)17(26-21(29)30-12-14-7-4-3-5-8-14)20(28)25-16(19(23)27)11-15-9-6-10-24-18(15)22/h3-10,13,16-17H,11-12H2,1-2H3,(H2,23,27)(H,25,28)(H,26,29)/t16-,17-/m0/s1. The number of nitrogens with zero attached hydrogens (tertiary/aromatic N) is 1. The summed E-state index contributed by atoms with van der Waals surface area (Å²) >= 11 is 3.31. The van der Waals surface area contributed by atoms with Gasteiger partial charge < -0.3 is 21.1 Å². The van der Waals surface area contributed by atoms with Crippen molar-refractivity contribution in [3.05, 3.63) is 64.4 Å². The van der Waals surface area contributed by atoms with Crippen LogP contribution in [0.3, 0.4) is 0 Å². The molecular weight excluding hydrogens is 452 g/mol. The molecule has 0 unspecified atom stereocenters. The number of hydrogen-bond acceptors (Lipinski definition) is 5. The number of carbonyl (C=O) groups is 3. The summed E-state index contributed by atoms with van der Waals surface area (Å²) in [4.78, 5) is 40.9. The molecule has 4 N–H and O–H groups in total. The van der Waals surface area contributed by atoms with Gasteiger partial charge in [-0.3, -0.25) is 9.59 Å². The van der Waals surface area contributed by atoms with E-state index in [-0.39, 0.29) is 18.9 Å². The summed E-state index contributed by atoms with van der Waals surface area (Å²) in [6.07, 6.45) is 1.04. The van der Waals surface area contributed by atoms with Gasteiger partial charge in [-0.15, -0.1) is 0 Å². The summed E-state index contributed by atoms with van der Waals surface area (Å²) in [6, 6.07) is 10.8.